The van der Waals surface area contributed by atoms with Crippen molar-refractivity contribution in [3.63, 3.8) is 0 Å². The molecule has 0 aliphatic carbocycles. The summed E-state index contributed by atoms with van der Waals surface area (Å²) in [4.78, 5) is 14.5. The van der Waals surface area contributed by atoms with E-state index in [4.69, 9.17) is 27.9 Å². The second-order valence-electron chi connectivity index (χ2n) is 6.02. The minimum atomic E-state index is -0.576. The summed E-state index contributed by atoms with van der Waals surface area (Å²) in [6, 6.07) is 6.15. The quantitative estimate of drug-likeness (QED) is 0.873. The number of likely N-dealkylation sites (tertiary alicyclic amines) is 1. The molecular weight excluding hydrogens is 359 g/mol. The number of carbonyl (C=O) groups is 1. The number of hydrogen-bond donors (Lipinski definition) is 1. The van der Waals surface area contributed by atoms with Crippen molar-refractivity contribution in [2.24, 2.45) is 0 Å². The summed E-state index contributed by atoms with van der Waals surface area (Å²) < 4.78 is 5.73. The molecule has 2 heterocycles. The predicted molar refractivity (Wildman–Crippen MR) is 94.9 cm³/mol. The van der Waals surface area contributed by atoms with Gasteiger partial charge in [-0.05, 0) is 38.3 Å². The van der Waals surface area contributed by atoms with Crippen molar-refractivity contribution in [2.45, 2.75) is 44.4 Å². The highest BCUT2D eigenvalue weighted by Crippen LogP contribution is 2.32. The fourth-order valence-corrected chi connectivity index (χ4v) is 3.55. The monoisotopic (exact) mass is 378 g/mol. The molecule has 0 saturated carbocycles. The first-order valence-corrected chi connectivity index (χ1v) is 8.45. The van der Waals surface area contributed by atoms with Crippen LogP contribution in [0.2, 0.25) is 10.0 Å². The normalized spacial score (nSPS) is 24.6. The van der Waals surface area contributed by atoms with Crippen LogP contribution < -0.4 is 10.1 Å². The zero-order valence-corrected chi connectivity index (χ0v) is 15.3. The summed E-state index contributed by atoms with van der Waals surface area (Å²) in [5, 5.41) is 4.34. The standard InChI is InChI=1S/C16H20Cl2N2O2.ClH/c1-10(22-14-4-2-3-13(17)15(14)18)16(21)20-8-7-11-5-6-12(9-20)19-11;/h2-4,10-12,19H,5-9H2,1H3;1H. The molecule has 0 radical (unpaired) electrons. The lowest BCUT2D eigenvalue weighted by Gasteiger charge is -2.27. The van der Waals surface area contributed by atoms with Gasteiger partial charge in [-0.1, -0.05) is 29.3 Å². The zero-order valence-electron chi connectivity index (χ0n) is 12.9. The molecule has 2 saturated heterocycles. The van der Waals surface area contributed by atoms with Crippen LogP contribution in [0.15, 0.2) is 18.2 Å². The molecule has 0 aromatic heterocycles. The summed E-state index contributed by atoms with van der Waals surface area (Å²) in [5.41, 5.74) is 0. The predicted octanol–water partition coefficient (Wildman–Crippen LogP) is 3.54. The van der Waals surface area contributed by atoms with Crippen LogP contribution in [0.5, 0.6) is 5.75 Å². The Morgan fingerprint density at radius 3 is 2.83 bits per heavy atom. The summed E-state index contributed by atoms with van der Waals surface area (Å²) in [7, 11) is 0. The molecule has 1 aromatic carbocycles. The van der Waals surface area contributed by atoms with Crippen molar-refractivity contribution in [1.82, 2.24) is 10.2 Å². The molecule has 4 nitrogen and oxygen atoms in total. The molecule has 1 amide bonds. The molecule has 3 unspecified atom stereocenters. The summed E-state index contributed by atoms with van der Waals surface area (Å²) in [6.07, 6.45) is 2.79. The lowest BCUT2D eigenvalue weighted by molar-refractivity contribution is -0.138. The molecule has 2 aliphatic rings. The van der Waals surface area contributed by atoms with Crippen LogP contribution in [0.25, 0.3) is 0 Å². The highest BCUT2D eigenvalue weighted by molar-refractivity contribution is 6.42. The highest BCUT2D eigenvalue weighted by Gasteiger charge is 2.33. The second-order valence-corrected chi connectivity index (χ2v) is 6.81. The molecule has 2 bridgehead atoms. The lowest BCUT2D eigenvalue weighted by Crippen LogP contribution is -2.44. The molecule has 1 N–H and O–H groups in total. The number of benzene rings is 1. The number of amides is 1. The first-order valence-electron chi connectivity index (χ1n) is 7.70. The largest absolute Gasteiger partial charge is 0.479 e. The molecule has 2 fully saturated rings. The van der Waals surface area contributed by atoms with E-state index in [0.29, 0.717) is 27.9 Å². The van der Waals surface area contributed by atoms with Gasteiger partial charge in [-0.15, -0.1) is 12.4 Å². The van der Waals surface area contributed by atoms with Gasteiger partial charge in [0.1, 0.15) is 10.8 Å². The lowest BCUT2D eigenvalue weighted by atomic mass is 10.1. The van der Waals surface area contributed by atoms with Crippen LogP contribution in [0, 0.1) is 0 Å². The van der Waals surface area contributed by atoms with Crippen molar-refractivity contribution in [1.29, 1.82) is 0 Å². The van der Waals surface area contributed by atoms with Crippen molar-refractivity contribution >= 4 is 41.5 Å². The summed E-state index contributed by atoms with van der Waals surface area (Å²) in [6.45, 7) is 3.30. The van der Waals surface area contributed by atoms with Gasteiger partial charge in [0.25, 0.3) is 5.91 Å². The van der Waals surface area contributed by atoms with E-state index in [0.717, 1.165) is 25.9 Å². The number of hydrogen-bond acceptors (Lipinski definition) is 3. The van der Waals surface area contributed by atoms with Crippen LogP contribution >= 0.6 is 35.6 Å². The van der Waals surface area contributed by atoms with Crippen LogP contribution in [0.4, 0.5) is 0 Å². The maximum Gasteiger partial charge on any atom is 0.263 e. The third kappa shape index (κ3) is 4.24. The van der Waals surface area contributed by atoms with Gasteiger partial charge in [0.2, 0.25) is 0 Å². The van der Waals surface area contributed by atoms with Crippen molar-refractivity contribution < 1.29 is 9.53 Å². The Bertz CT molecular complexity index is 570. The van der Waals surface area contributed by atoms with E-state index in [-0.39, 0.29) is 18.3 Å². The van der Waals surface area contributed by atoms with Crippen molar-refractivity contribution in [3.8, 4) is 5.75 Å². The maximum atomic E-state index is 12.6. The number of rotatable bonds is 3. The van der Waals surface area contributed by atoms with E-state index < -0.39 is 6.10 Å². The third-order valence-electron chi connectivity index (χ3n) is 4.40. The second kappa shape index (κ2) is 7.93. The van der Waals surface area contributed by atoms with E-state index in [1.54, 1.807) is 25.1 Å². The molecule has 7 heteroatoms. The van der Waals surface area contributed by atoms with Gasteiger partial charge in [0, 0.05) is 25.2 Å². The van der Waals surface area contributed by atoms with Crippen LogP contribution in [-0.4, -0.2) is 42.1 Å². The van der Waals surface area contributed by atoms with E-state index in [2.05, 4.69) is 5.32 Å². The molecule has 2 aliphatic heterocycles. The number of fused-ring (bicyclic) bond motifs is 2. The Kier molecular flexibility index (Phi) is 6.43. The number of ether oxygens (including phenoxy) is 1. The van der Waals surface area contributed by atoms with Crippen LogP contribution in [0.1, 0.15) is 26.2 Å². The first kappa shape index (κ1) is 18.7. The first-order chi connectivity index (χ1) is 10.5. The van der Waals surface area contributed by atoms with Gasteiger partial charge < -0.3 is 15.0 Å². The van der Waals surface area contributed by atoms with E-state index >= 15 is 0 Å². The molecule has 1 aromatic rings. The number of carbonyl (C=O) groups excluding carboxylic acids is 1. The fourth-order valence-electron chi connectivity index (χ4n) is 3.22. The minimum absolute atomic E-state index is 0. The smallest absolute Gasteiger partial charge is 0.263 e. The van der Waals surface area contributed by atoms with Gasteiger partial charge in [-0.2, -0.15) is 0 Å². The van der Waals surface area contributed by atoms with Crippen molar-refractivity contribution in [3.05, 3.63) is 28.2 Å². The maximum absolute atomic E-state index is 12.6. The van der Waals surface area contributed by atoms with Crippen molar-refractivity contribution in [2.75, 3.05) is 13.1 Å². The Hall–Kier alpha value is -0.680. The SMILES string of the molecule is CC(Oc1cccc(Cl)c1Cl)C(=O)N1CCC2CCC(C1)N2.Cl. The summed E-state index contributed by atoms with van der Waals surface area (Å²) >= 11 is 12.1. The Morgan fingerprint density at radius 2 is 2.04 bits per heavy atom. The zero-order chi connectivity index (χ0) is 15.7. The minimum Gasteiger partial charge on any atom is -0.479 e. The third-order valence-corrected chi connectivity index (χ3v) is 5.20. The van der Waals surface area contributed by atoms with Gasteiger partial charge in [-0.3, -0.25) is 4.79 Å². The molecular formula is C16H21Cl3N2O2. The van der Waals surface area contributed by atoms with Gasteiger partial charge in [-0.25, -0.2) is 0 Å². The van der Waals surface area contributed by atoms with E-state index in [1.807, 2.05) is 4.90 Å². The van der Waals surface area contributed by atoms with Gasteiger partial charge in [0.05, 0.1) is 5.02 Å². The molecule has 3 rings (SSSR count). The number of nitrogens with zero attached hydrogens (tertiary/aromatic N) is 1. The molecule has 3 atom stereocenters. The number of halogens is 3. The Morgan fingerprint density at radius 1 is 1.30 bits per heavy atom. The fraction of sp³-hybridized carbons (Fsp3) is 0.562. The Labute approximate surface area is 152 Å². The average molecular weight is 380 g/mol. The molecule has 0 spiro atoms. The van der Waals surface area contributed by atoms with Gasteiger partial charge in [0.15, 0.2) is 6.10 Å². The Balaban J connectivity index is 0.00000192. The average Bonchev–Trinajstić information content (AvgIpc) is 2.82. The molecule has 128 valence electrons. The topological polar surface area (TPSA) is 41.6 Å². The molecule has 23 heavy (non-hydrogen) atoms. The van der Waals surface area contributed by atoms with E-state index in [9.17, 15) is 4.79 Å². The number of nitrogens with one attached hydrogen (secondary N) is 1. The van der Waals surface area contributed by atoms with Crippen LogP contribution in [0.3, 0.4) is 0 Å². The van der Waals surface area contributed by atoms with E-state index in [1.165, 1.54) is 6.42 Å². The summed E-state index contributed by atoms with van der Waals surface area (Å²) in [5.74, 6) is 0.454. The van der Waals surface area contributed by atoms with Gasteiger partial charge >= 0.3 is 0 Å². The van der Waals surface area contributed by atoms with Crippen LogP contribution in [-0.2, 0) is 4.79 Å². The highest BCUT2D eigenvalue weighted by atomic mass is 35.5.